The van der Waals surface area contributed by atoms with E-state index in [2.05, 4.69) is 0 Å². The van der Waals surface area contributed by atoms with Gasteiger partial charge in [-0.05, 0) is 76.9 Å². The van der Waals surface area contributed by atoms with Crippen molar-refractivity contribution >= 4 is 23.8 Å². The molecule has 2 aliphatic heterocycles. The van der Waals surface area contributed by atoms with Crippen LogP contribution in [0.15, 0.2) is 48.5 Å². The van der Waals surface area contributed by atoms with Crippen molar-refractivity contribution in [1.29, 1.82) is 0 Å². The molecule has 0 aromatic heterocycles. The quantitative estimate of drug-likeness (QED) is 0.416. The van der Waals surface area contributed by atoms with Gasteiger partial charge in [0, 0.05) is 5.88 Å². The van der Waals surface area contributed by atoms with Crippen LogP contribution in [0.2, 0.25) is 0 Å². The van der Waals surface area contributed by atoms with Crippen LogP contribution < -0.4 is 29.6 Å². The Balaban J connectivity index is 0.000000657. The molecule has 0 bridgehead atoms. The second-order valence-electron chi connectivity index (χ2n) is 11.7. The Kier molecular flexibility index (Phi) is 15.7. The first-order valence-corrected chi connectivity index (χ1v) is 13.9. The number of rotatable bonds is 4. The fraction of sp³-hybridized carbons (Fsp3) is 0.533. The molecule has 0 unspecified atom stereocenters. The SMILES string of the molecule is CC(C)(C)OC(=O)N1CC(O)C1.CC(C)(C)OC(=O)N1CC(OCc2ccc(F)cc2)C1.Fc1ccc(CCl)cc1.[H-].[Na+]. The number of amides is 2. The molecule has 2 saturated heterocycles. The molecule has 42 heavy (non-hydrogen) atoms. The molecule has 8 nitrogen and oxygen atoms in total. The first-order chi connectivity index (χ1) is 19.0. The van der Waals surface area contributed by atoms with Gasteiger partial charge in [0.1, 0.15) is 22.8 Å². The topological polar surface area (TPSA) is 88.5 Å². The molecule has 1 N–H and O–H groups in total. The van der Waals surface area contributed by atoms with E-state index in [9.17, 15) is 18.4 Å². The molecule has 4 rings (SSSR count). The van der Waals surface area contributed by atoms with Crippen LogP contribution in [-0.2, 0) is 26.7 Å². The number of hydrogen-bond donors (Lipinski definition) is 1. The molecule has 0 aliphatic carbocycles. The van der Waals surface area contributed by atoms with E-state index in [1.807, 2.05) is 41.5 Å². The Bertz CT molecular complexity index is 1110. The van der Waals surface area contributed by atoms with Crippen molar-refractivity contribution in [2.75, 3.05) is 26.2 Å². The summed E-state index contributed by atoms with van der Waals surface area (Å²) in [4.78, 5) is 26.0. The number of ether oxygens (including phenoxy) is 3. The number of β-amino-alcohol motifs (C(OH)–C–C–N with tert-alkyl or cyclic N) is 1. The zero-order valence-corrected chi connectivity index (χ0v) is 28.3. The summed E-state index contributed by atoms with van der Waals surface area (Å²) in [6.07, 6.45) is -0.989. The first kappa shape index (κ1) is 38.1. The number of benzene rings is 2. The average Bonchev–Trinajstić information content (AvgIpc) is 2.81. The molecular formula is C30H42ClF2N2NaO6. The fourth-order valence-electron chi connectivity index (χ4n) is 3.32. The normalized spacial score (nSPS) is 15.0. The molecule has 0 radical (unpaired) electrons. The fourth-order valence-corrected chi connectivity index (χ4v) is 3.50. The van der Waals surface area contributed by atoms with E-state index in [1.54, 1.807) is 29.2 Å². The molecular weight excluding hydrogens is 581 g/mol. The molecule has 2 aromatic carbocycles. The third-order valence-electron chi connectivity index (χ3n) is 5.48. The van der Waals surface area contributed by atoms with Crippen LogP contribution in [0.4, 0.5) is 18.4 Å². The van der Waals surface area contributed by atoms with E-state index in [4.69, 9.17) is 30.9 Å². The Hall–Kier alpha value is -1.95. The van der Waals surface area contributed by atoms with Gasteiger partial charge in [-0.3, -0.25) is 0 Å². The van der Waals surface area contributed by atoms with Gasteiger partial charge in [0.25, 0.3) is 0 Å². The van der Waals surface area contributed by atoms with E-state index in [0.717, 1.165) is 11.1 Å². The van der Waals surface area contributed by atoms with Gasteiger partial charge in [-0.15, -0.1) is 11.6 Å². The van der Waals surface area contributed by atoms with Crippen LogP contribution in [-0.4, -0.2) is 76.7 Å². The molecule has 2 aromatic rings. The summed E-state index contributed by atoms with van der Waals surface area (Å²) in [6, 6.07) is 12.3. The summed E-state index contributed by atoms with van der Waals surface area (Å²) in [6.45, 7) is 13.3. The number of halogens is 3. The zero-order chi connectivity index (χ0) is 30.8. The molecule has 12 heteroatoms. The minimum atomic E-state index is -0.475. The molecule has 0 spiro atoms. The van der Waals surface area contributed by atoms with Crippen molar-refractivity contribution < 1.29 is 68.7 Å². The third-order valence-corrected chi connectivity index (χ3v) is 5.79. The van der Waals surface area contributed by atoms with Gasteiger partial charge in [-0.1, -0.05) is 24.3 Å². The van der Waals surface area contributed by atoms with Crippen molar-refractivity contribution in [3.63, 3.8) is 0 Å². The summed E-state index contributed by atoms with van der Waals surface area (Å²) in [5.74, 6) is -0.0299. The van der Waals surface area contributed by atoms with Gasteiger partial charge in [-0.2, -0.15) is 0 Å². The number of carbonyl (C=O) groups is 2. The average molecular weight is 623 g/mol. The van der Waals surface area contributed by atoms with Crippen LogP contribution in [0.25, 0.3) is 0 Å². The van der Waals surface area contributed by atoms with Crippen molar-refractivity contribution in [2.45, 2.75) is 77.4 Å². The molecule has 2 aliphatic rings. The minimum Gasteiger partial charge on any atom is -1.00 e. The maximum Gasteiger partial charge on any atom is 1.00 e. The maximum absolute atomic E-state index is 12.7. The summed E-state index contributed by atoms with van der Waals surface area (Å²) < 4.78 is 40.9. The van der Waals surface area contributed by atoms with E-state index in [-0.39, 0.29) is 67.0 Å². The van der Waals surface area contributed by atoms with E-state index < -0.39 is 11.2 Å². The number of nitrogens with zero attached hydrogens (tertiary/aromatic N) is 2. The van der Waals surface area contributed by atoms with Crippen LogP contribution >= 0.6 is 11.6 Å². The Morgan fingerprint density at radius 2 is 1.19 bits per heavy atom. The van der Waals surface area contributed by atoms with Gasteiger partial charge in [0.2, 0.25) is 0 Å². The largest absolute Gasteiger partial charge is 1.00 e. The predicted molar refractivity (Wildman–Crippen MR) is 154 cm³/mol. The summed E-state index contributed by atoms with van der Waals surface area (Å²) in [5, 5.41) is 8.92. The van der Waals surface area contributed by atoms with E-state index >= 15 is 0 Å². The van der Waals surface area contributed by atoms with Gasteiger partial charge in [0.15, 0.2) is 0 Å². The summed E-state index contributed by atoms with van der Waals surface area (Å²) >= 11 is 5.46. The minimum absolute atomic E-state index is 0. The van der Waals surface area contributed by atoms with Crippen LogP contribution in [0.5, 0.6) is 0 Å². The molecule has 230 valence electrons. The van der Waals surface area contributed by atoms with Crippen LogP contribution in [0.1, 0.15) is 54.1 Å². The van der Waals surface area contributed by atoms with Crippen LogP contribution in [0, 0.1) is 11.6 Å². The second kappa shape index (κ2) is 17.4. The number of alkyl halides is 1. The monoisotopic (exact) mass is 622 g/mol. The summed E-state index contributed by atoms with van der Waals surface area (Å²) in [7, 11) is 0. The zero-order valence-electron chi connectivity index (χ0n) is 26.5. The van der Waals surface area contributed by atoms with Crippen molar-refractivity contribution in [3.8, 4) is 0 Å². The number of aliphatic hydroxyl groups excluding tert-OH is 1. The van der Waals surface area contributed by atoms with Gasteiger partial charge in [0.05, 0.1) is 45.0 Å². The van der Waals surface area contributed by atoms with Crippen molar-refractivity contribution in [3.05, 3.63) is 71.3 Å². The van der Waals surface area contributed by atoms with Crippen molar-refractivity contribution in [2.24, 2.45) is 0 Å². The smallest absolute Gasteiger partial charge is 1.00 e. The number of hydrogen-bond acceptors (Lipinski definition) is 6. The third kappa shape index (κ3) is 15.0. The predicted octanol–water partition coefficient (Wildman–Crippen LogP) is 3.24. The molecule has 2 heterocycles. The van der Waals surface area contributed by atoms with Crippen LogP contribution in [0.3, 0.4) is 0 Å². The Morgan fingerprint density at radius 3 is 1.55 bits per heavy atom. The molecule has 2 amide bonds. The number of likely N-dealkylation sites (tertiary alicyclic amines) is 2. The Morgan fingerprint density at radius 1 is 0.810 bits per heavy atom. The van der Waals surface area contributed by atoms with Gasteiger partial charge < -0.3 is 30.5 Å². The van der Waals surface area contributed by atoms with E-state index in [1.165, 1.54) is 29.2 Å². The van der Waals surface area contributed by atoms with Gasteiger partial charge in [-0.25, -0.2) is 18.4 Å². The van der Waals surface area contributed by atoms with E-state index in [0.29, 0.717) is 38.7 Å². The maximum atomic E-state index is 12.7. The number of aliphatic hydroxyl groups is 1. The molecule has 2 fully saturated rings. The molecule has 0 saturated carbocycles. The van der Waals surface area contributed by atoms with Gasteiger partial charge >= 0.3 is 41.7 Å². The van der Waals surface area contributed by atoms with Crippen molar-refractivity contribution in [1.82, 2.24) is 9.80 Å². The first-order valence-electron chi connectivity index (χ1n) is 13.3. The molecule has 0 atom stereocenters. The number of carbonyl (C=O) groups excluding carboxylic acids is 2. The summed E-state index contributed by atoms with van der Waals surface area (Å²) in [5.41, 5.74) is 0.939. The standard InChI is InChI=1S/C15H20FNO3.C8H15NO3.C7H6ClF.Na.H/c1-15(2,3)20-14(18)17-8-13(9-17)19-10-11-4-6-12(16)7-5-11;1-8(2,3)12-7(11)9-4-6(10)5-9;8-5-6-1-3-7(9)4-2-6;;/h4-7,13H,8-10H2,1-3H3;6,10H,4-5H2,1-3H3;1-4H,5H2;;/q;;;+1;-1. The Labute approximate surface area is 276 Å². The second-order valence-corrected chi connectivity index (χ2v) is 12.0.